The van der Waals surface area contributed by atoms with E-state index in [9.17, 15) is 14.4 Å². The molecule has 41 heavy (non-hydrogen) atoms. The number of hydrazone groups is 1. The minimum absolute atomic E-state index is 0.248. The van der Waals surface area contributed by atoms with Crippen molar-refractivity contribution in [2.24, 2.45) is 15.4 Å². The second-order valence-electron chi connectivity index (χ2n) is 10.6. The largest absolute Gasteiger partial charge is 0.497 e. The van der Waals surface area contributed by atoms with Crippen molar-refractivity contribution in [1.29, 1.82) is 0 Å². The first-order chi connectivity index (χ1) is 19.7. The average Bonchev–Trinajstić information content (AvgIpc) is 3.65. The van der Waals surface area contributed by atoms with E-state index in [1.54, 1.807) is 19.2 Å². The highest BCUT2D eigenvalue weighted by Gasteiger charge is 2.55. The molecule has 1 fully saturated rings. The van der Waals surface area contributed by atoms with Crippen LogP contribution in [0.25, 0.3) is 0 Å². The number of rotatable bonds is 6. The minimum Gasteiger partial charge on any atom is -0.497 e. The van der Waals surface area contributed by atoms with Crippen LogP contribution in [0.3, 0.4) is 0 Å². The van der Waals surface area contributed by atoms with Gasteiger partial charge in [0.2, 0.25) is 0 Å². The van der Waals surface area contributed by atoms with Crippen molar-refractivity contribution in [2.75, 3.05) is 18.6 Å². The molecule has 0 spiro atoms. The summed E-state index contributed by atoms with van der Waals surface area (Å²) in [5, 5.41) is 15.7. The molecule has 0 aliphatic carbocycles. The van der Waals surface area contributed by atoms with E-state index in [1.807, 2.05) is 69.3 Å². The van der Waals surface area contributed by atoms with E-state index in [-0.39, 0.29) is 18.5 Å². The molecule has 1 saturated heterocycles. The highest BCUT2D eigenvalue weighted by atomic mass is 16.5. The molecule has 3 atom stereocenters. The first-order valence-electron chi connectivity index (χ1n) is 13.5. The number of hydrogen-bond donors (Lipinski definition) is 0. The zero-order valence-electron chi connectivity index (χ0n) is 23.3. The molecular formula is C31H30N6O4. The molecule has 0 radical (unpaired) electrons. The van der Waals surface area contributed by atoms with Gasteiger partial charge in [0.1, 0.15) is 12.3 Å². The lowest BCUT2D eigenvalue weighted by atomic mass is 9.95. The van der Waals surface area contributed by atoms with Gasteiger partial charge < -0.3 is 4.74 Å². The Morgan fingerprint density at radius 2 is 1.63 bits per heavy atom. The number of amides is 3. The normalized spacial score (nSPS) is 21.5. The third-order valence-corrected chi connectivity index (χ3v) is 7.81. The molecule has 3 amide bonds. The summed E-state index contributed by atoms with van der Waals surface area (Å²) in [7, 11) is 1.61. The van der Waals surface area contributed by atoms with E-state index in [0.717, 1.165) is 38.4 Å². The highest BCUT2D eigenvalue weighted by molar-refractivity contribution is 6.25. The summed E-state index contributed by atoms with van der Waals surface area (Å²) in [5.74, 6) is -0.533. The van der Waals surface area contributed by atoms with Crippen molar-refractivity contribution in [1.82, 2.24) is 10.0 Å². The Balaban J connectivity index is 1.27. The number of nitrogens with zero attached hydrogens (tertiary/aromatic N) is 6. The number of benzene rings is 3. The van der Waals surface area contributed by atoms with E-state index >= 15 is 0 Å². The molecule has 3 heterocycles. The van der Waals surface area contributed by atoms with Crippen LogP contribution in [-0.4, -0.2) is 59.2 Å². The SMILES string of the molecule is COc1ccc([C@@H]2CC(c3ccc(C)cc3C)=NN2C(=O)CN2N=N[C@H]3C(=O)N(c4ccc(C)cc4)C(=O)[C@H]32)cc1. The number of carbonyl (C=O) groups is 3. The molecule has 3 aromatic carbocycles. The zero-order chi connectivity index (χ0) is 28.8. The maximum absolute atomic E-state index is 13.8. The lowest BCUT2D eigenvalue weighted by molar-refractivity contribution is -0.135. The van der Waals surface area contributed by atoms with E-state index in [2.05, 4.69) is 16.4 Å². The molecule has 3 aliphatic heterocycles. The van der Waals surface area contributed by atoms with Crippen molar-refractivity contribution < 1.29 is 19.1 Å². The molecule has 10 heteroatoms. The number of anilines is 1. The van der Waals surface area contributed by atoms with E-state index in [4.69, 9.17) is 9.84 Å². The lowest BCUT2D eigenvalue weighted by Gasteiger charge is -2.25. The molecule has 0 aromatic heterocycles. The average molecular weight is 551 g/mol. The van der Waals surface area contributed by atoms with Gasteiger partial charge in [0.15, 0.2) is 12.1 Å². The van der Waals surface area contributed by atoms with Gasteiger partial charge in [-0.2, -0.15) is 10.2 Å². The lowest BCUT2D eigenvalue weighted by Crippen LogP contribution is -2.44. The summed E-state index contributed by atoms with van der Waals surface area (Å²) in [6.07, 6.45) is 0.522. The monoisotopic (exact) mass is 550 g/mol. The molecule has 0 saturated carbocycles. The van der Waals surface area contributed by atoms with Crippen molar-refractivity contribution >= 4 is 29.1 Å². The highest BCUT2D eigenvalue weighted by Crippen LogP contribution is 2.36. The second-order valence-corrected chi connectivity index (χ2v) is 10.6. The number of carbonyl (C=O) groups excluding carboxylic acids is 3. The van der Waals surface area contributed by atoms with Crippen LogP contribution < -0.4 is 9.64 Å². The first kappa shape index (κ1) is 26.4. The van der Waals surface area contributed by atoms with Gasteiger partial charge in [-0.3, -0.25) is 19.4 Å². The van der Waals surface area contributed by atoms with Gasteiger partial charge in [0.25, 0.3) is 17.7 Å². The second kappa shape index (κ2) is 10.3. The molecule has 3 aromatic rings. The molecule has 0 N–H and O–H groups in total. The predicted molar refractivity (Wildman–Crippen MR) is 152 cm³/mol. The maximum atomic E-state index is 13.8. The van der Waals surface area contributed by atoms with Crippen LogP contribution in [0.2, 0.25) is 0 Å². The topological polar surface area (TPSA) is 107 Å². The van der Waals surface area contributed by atoms with Crippen molar-refractivity contribution in [3.63, 3.8) is 0 Å². The number of hydrogen-bond acceptors (Lipinski definition) is 8. The van der Waals surface area contributed by atoms with E-state index in [1.165, 1.54) is 10.0 Å². The number of aryl methyl sites for hydroxylation is 3. The number of ether oxygens (including phenoxy) is 1. The summed E-state index contributed by atoms with van der Waals surface area (Å²) < 4.78 is 5.32. The summed E-state index contributed by atoms with van der Waals surface area (Å²) in [6, 6.07) is 18.5. The van der Waals surface area contributed by atoms with Crippen LogP contribution in [0, 0.1) is 20.8 Å². The predicted octanol–water partition coefficient (Wildman–Crippen LogP) is 4.29. The minimum atomic E-state index is -0.984. The standard InChI is InChI=1S/C31H30N6O4/c1-18-5-10-22(11-6-18)36-30(39)28-29(31(36)40)35(34-32-28)17-27(38)37-26(21-8-12-23(41-4)13-9-21)16-25(33-37)24-14-7-19(2)15-20(24)3/h5-15,26,28-29H,16-17H2,1-4H3/t26-,28+,29-/m0/s1. The van der Waals surface area contributed by atoms with Crippen molar-refractivity contribution in [2.45, 2.75) is 45.3 Å². The molecular weight excluding hydrogens is 520 g/mol. The summed E-state index contributed by atoms with van der Waals surface area (Å²) in [6.45, 7) is 5.75. The van der Waals surface area contributed by atoms with Gasteiger partial charge in [-0.25, -0.2) is 9.91 Å². The maximum Gasteiger partial charge on any atom is 0.264 e. The quantitative estimate of drug-likeness (QED) is 0.426. The Labute approximate surface area is 237 Å². The van der Waals surface area contributed by atoms with Crippen LogP contribution >= 0.6 is 0 Å². The Hall–Kier alpha value is -4.86. The Kier molecular flexibility index (Phi) is 6.61. The van der Waals surface area contributed by atoms with Gasteiger partial charge in [-0.05, 0) is 56.2 Å². The summed E-state index contributed by atoms with van der Waals surface area (Å²) >= 11 is 0. The molecule has 208 valence electrons. The Bertz CT molecular complexity index is 1600. The number of methoxy groups -OCH3 is 1. The van der Waals surface area contributed by atoms with Gasteiger partial charge in [0, 0.05) is 12.0 Å². The molecule has 10 nitrogen and oxygen atoms in total. The molecule has 3 aliphatic rings. The molecule has 0 bridgehead atoms. The fourth-order valence-corrected chi connectivity index (χ4v) is 5.64. The Morgan fingerprint density at radius 3 is 2.32 bits per heavy atom. The van der Waals surface area contributed by atoms with Gasteiger partial charge in [-0.15, -0.1) is 0 Å². The number of imide groups is 1. The van der Waals surface area contributed by atoms with Crippen LogP contribution in [0.5, 0.6) is 5.75 Å². The number of fused-ring (bicyclic) bond motifs is 1. The van der Waals surface area contributed by atoms with Crippen LogP contribution in [0.15, 0.2) is 82.2 Å². The van der Waals surface area contributed by atoms with E-state index in [0.29, 0.717) is 17.9 Å². The van der Waals surface area contributed by atoms with Crippen LogP contribution in [-0.2, 0) is 14.4 Å². The fourth-order valence-electron chi connectivity index (χ4n) is 5.64. The van der Waals surface area contributed by atoms with Gasteiger partial charge in [0.05, 0.1) is 24.6 Å². The van der Waals surface area contributed by atoms with Crippen LogP contribution in [0.4, 0.5) is 5.69 Å². The van der Waals surface area contributed by atoms with Crippen molar-refractivity contribution in [3.05, 3.63) is 94.5 Å². The zero-order valence-corrected chi connectivity index (χ0v) is 23.3. The van der Waals surface area contributed by atoms with Crippen LogP contribution in [0.1, 0.15) is 40.3 Å². The third-order valence-electron chi connectivity index (χ3n) is 7.81. The first-order valence-corrected chi connectivity index (χ1v) is 13.5. The third kappa shape index (κ3) is 4.65. The molecule has 6 rings (SSSR count). The smallest absolute Gasteiger partial charge is 0.264 e. The van der Waals surface area contributed by atoms with E-state index < -0.39 is 23.9 Å². The Morgan fingerprint density at radius 1 is 0.927 bits per heavy atom. The molecule has 0 unspecified atom stereocenters. The summed E-state index contributed by atoms with van der Waals surface area (Å²) in [4.78, 5) is 41.5. The van der Waals surface area contributed by atoms with Crippen molar-refractivity contribution in [3.8, 4) is 5.75 Å². The van der Waals surface area contributed by atoms with Gasteiger partial charge >= 0.3 is 0 Å². The fraction of sp³-hybridized carbons (Fsp3) is 0.290. The van der Waals surface area contributed by atoms with Gasteiger partial charge in [-0.1, -0.05) is 58.8 Å². The summed E-state index contributed by atoms with van der Waals surface area (Å²) in [5.41, 5.74) is 6.40.